The fourth-order valence-electron chi connectivity index (χ4n) is 1.97. The van der Waals surface area contributed by atoms with Gasteiger partial charge in [0, 0.05) is 12.6 Å². The molecule has 0 saturated carbocycles. The Morgan fingerprint density at radius 1 is 1.69 bits per heavy atom. The minimum absolute atomic E-state index is 0.00866. The first-order chi connectivity index (χ1) is 7.63. The third-order valence-corrected chi connectivity index (χ3v) is 3.58. The number of hydrogen-bond acceptors (Lipinski definition) is 4. The van der Waals surface area contributed by atoms with Crippen LogP contribution in [-0.2, 0) is 4.79 Å². The first-order valence-corrected chi connectivity index (χ1v) is 7.26. The summed E-state index contributed by atoms with van der Waals surface area (Å²) in [7, 11) is 2.09. The first-order valence-electron chi connectivity index (χ1n) is 5.87. The van der Waals surface area contributed by atoms with E-state index in [-0.39, 0.29) is 18.0 Å². The highest BCUT2D eigenvalue weighted by molar-refractivity contribution is 7.98. The van der Waals surface area contributed by atoms with E-state index < -0.39 is 0 Å². The quantitative estimate of drug-likeness (QED) is 0.730. The van der Waals surface area contributed by atoms with E-state index in [4.69, 9.17) is 5.73 Å². The number of hydrogen-bond donors (Lipinski definition) is 2. The molecule has 1 heterocycles. The van der Waals surface area contributed by atoms with Gasteiger partial charge in [-0.3, -0.25) is 4.79 Å². The molecule has 0 aromatic heterocycles. The number of nitrogens with two attached hydrogens (primary N) is 1. The molecule has 1 fully saturated rings. The van der Waals surface area contributed by atoms with Crippen LogP contribution in [0.3, 0.4) is 0 Å². The lowest BCUT2D eigenvalue weighted by molar-refractivity contribution is -0.123. The van der Waals surface area contributed by atoms with E-state index in [0.29, 0.717) is 0 Å². The van der Waals surface area contributed by atoms with Gasteiger partial charge in [0.15, 0.2) is 0 Å². The van der Waals surface area contributed by atoms with Gasteiger partial charge in [0.1, 0.15) is 0 Å². The number of nitrogens with one attached hydrogen (secondary N) is 1. The van der Waals surface area contributed by atoms with E-state index in [9.17, 15) is 4.79 Å². The Morgan fingerprint density at radius 3 is 3.06 bits per heavy atom. The van der Waals surface area contributed by atoms with Gasteiger partial charge in [-0.05, 0) is 44.9 Å². The van der Waals surface area contributed by atoms with Gasteiger partial charge in [-0.1, -0.05) is 0 Å². The highest BCUT2D eigenvalue weighted by Crippen LogP contribution is 2.08. The molecule has 1 amide bonds. The molecule has 0 aliphatic carbocycles. The maximum Gasteiger partial charge on any atom is 0.237 e. The number of thioether (sulfide) groups is 1. The zero-order valence-corrected chi connectivity index (χ0v) is 11.1. The molecular weight excluding hydrogens is 222 g/mol. The van der Waals surface area contributed by atoms with Crippen LogP contribution in [-0.4, -0.2) is 55.0 Å². The predicted octanol–water partition coefficient (Wildman–Crippen LogP) is 0.277. The van der Waals surface area contributed by atoms with E-state index in [0.717, 1.165) is 38.1 Å². The van der Waals surface area contributed by atoms with Crippen LogP contribution < -0.4 is 11.1 Å². The first kappa shape index (κ1) is 13.8. The maximum atomic E-state index is 11.8. The molecule has 0 spiro atoms. The molecule has 16 heavy (non-hydrogen) atoms. The third-order valence-electron chi connectivity index (χ3n) is 2.94. The molecule has 1 unspecified atom stereocenters. The minimum Gasteiger partial charge on any atom is -0.351 e. The summed E-state index contributed by atoms with van der Waals surface area (Å²) in [5.74, 6) is 0.952. The molecule has 2 atom stereocenters. The summed E-state index contributed by atoms with van der Waals surface area (Å²) in [5, 5.41) is 3.04. The molecule has 0 radical (unpaired) electrons. The zero-order chi connectivity index (χ0) is 12.0. The lowest BCUT2D eigenvalue weighted by Gasteiger charge is -2.30. The van der Waals surface area contributed by atoms with Crippen LogP contribution in [0.2, 0.25) is 0 Å². The molecular formula is C11H23N3OS. The van der Waals surface area contributed by atoms with Crippen molar-refractivity contribution >= 4 is 17.7 Å². The topological polar surface area (TPSA) is 58.4 Å². The molecule has 4 nitrogen and oxygen atoms in total. The van der Waals surface area contributed by atoms with Crippen molar-refractivity contribution in [2.75, 3.05) is 32.1 Å². The average Bonchev–Trinajstić information content (AvgIpc) is 2.25. The summed E-state index contributed by atoms with van der Waals surface area (Å²) in [6, 6.07) is -0.0636. The van der Waals surface area contributed by atoms with Gasteiger partial charge in [-0.2, -0.15) is 11.8 Å². The molecule has 0 aromatic carbocycles. The fraction of sp³-hybridized carbons (Fsp3) is 0.909. The lowest BCUT2D eigenvalue weighted by Crippen LogP contribution is -2.51. The zero-order valence-electron chi connectivity index (χ0n) is 10.2. The molecule has 94 valence electrons. The Morgan fingerprint density at radius 2 is 2.44 bits per heavy atom. The number of nitrogens with zero attached hydrogens (tertiary/aromatic N) is 1. The Kier molecular flexibility index (Phi) is 6.16. The highest BCUT2D eigenvalue weighted by atomic mass is 32.2. The summed E-state index contributed by atoms with van der Waals surface area (Å²) in [4.78, 5) is 14.0. The normalized spacial score (nSPS) is 24.1. The number of likely N-dealkylation sites (N-methyl/N-ethyl adjacent to an activating group) is 1. The van der Waals surface area contributed by atoms with Crippen LogP contribution in [0.5, 0.6) is 0 Å². The average molecular weight is 245 g/mol. The minimum atomic E-state index is -0.348. The van der Waals surface area contributed by atoms with Gasteiger partial charge >= 0.3 is 0 Å². The third kappa shape index (κ3) is 4.72. The summed E-state index contributed by atoms with van der Waals surface area (Å²) >= 11 is 1.73. The summed E-state index contributed by atoms with van der Waals surface area (Å²) in [6.07, 6.45) is 5.02. The second kappa shape index (κ2) is 7.14. The highest BCUT2D eigenvalue weighted by Gasteiger charge is 2.21. The van der Waals surface area contributed by atoms with Gasteiger partial charge < -0.3 is 16.0 Å². The van der Waals surface area contributed by atoms with E-state index >= 15 is 0 Å². The van der Waals surface area contributed by atoms with E-state index in [2.05, 4.69) is 17.3 Å². The van der Waals surface area contributed by atoms with E-state index in [1.165, 1.54) is 0 Å². The van der Waals surface area contributed by atoms with Crippen LogP contribution in [0, 0.1) is 0 Å². The molecule has 1 saturated heterocycles. The van der Waals surface area contributed by atoms with Gasteiger partial charge in [0.05, 0.1) is 6.04 Å². The van der Waals surface area contributed by atoms with E-state index in [1.54, 1.807) is 11.8 Å². The molecule has 1 rings (SSSR count). The van der Waals surface area contributed by atoms with Crippen molar-refractivity contribution < 1.29 is 4.79 Å². The van der Waals surface area contributed by atoms with Gasteiger partial charge in [-0.15, -0.1) is 0 Å². The van der Waals surface area contributed by atoms with Crippen molar-refractivity contribution in [1.82, 2.24) is 10.2 Å². The molecule has 1 aliphatic heterocycles. The second-order valence-corrected chi connectivity index (χ2v) is 5.48. The standard InChI is InChI=1S/C11H23N3OS/c1-14-6-3-4-9(8-14)13-11(15)10(12)5-7-16-2/h9-10H,3-8,12H2,1-2H3,(H,13,15)/t9?,10-/m0/s1. The number of piperidine rings is 1. The van der Waals surface area contributed by atoms with Crippen LogP contribution in [0.1, 0.15) is 19.3 Å². The predicted molar refractivity (Wildman–Crippen MR) is 69.6 cm³/mol. The van der Waals surface area contributed by atoms with Crippen molar-refractivity contribution in [1.29, 1.82) is 0 Å². The molecule has 0 bridgehead atoms. The Balaban J connectivity index is 2.26. The lowest BCUT2D eigenvalue weighted by atomic mass is 10.1. The van der Waals surface area contributed by atoms with Crippen LogP contribution >= 0.6 is 11.8 Å². The number of carbonyl (C=O) groups excluding carboxylic acids is 1. The summed E-state index contributed by atoms with van der Waals surface area (Å²) in [5.41, 5.74) is 5.82. The number of likely N-dealkylation sites (tertiary alicyclic amines) is 1. The number of amides is 1. The van der Waals surface area contributed by atoms with Gasteiger partial charge in [-0.25, -0.2) is 0 Å². The SMILES string of the molecule is CSCC[C@H](N)C(=O)NC1CCCN(C)C1. The van der Waals surface area contributed by atoms with Crippen LogP contribution in [0.25, 0.3) is 0 Å². The Hall–Kier alpha value is -0.260. The molecule has 0 aromatic rings. The number of rotatable bonds is 5. The Bertz CT molecular complexity index is 225. The molecule has 3 N–H and O–H groups in total. The van der Waals surface area contributed by atoms with Gasteiger partial charge in [0.2, 0.25) is 5.91 Å². The Labute approximate surface area is 102 Å². The smallest absolute Gasteiger partial charge is 0.237 e. The molecule has 5 heteroatoms. The monoisotopic (exact) mass is 245 g/mol. The van der Waals surface area contributed by atoms with Crippen molar-refractivity contribution in [3.63, 3.8) is 0 Å². The number of carbonyl (C=O) groups is 1. The fourth-order valence-corrected chi connectivity index (χ4v) is 2.46. The molecule has 1 aliphatic rings. The van der Waals surface area contributed by atoms with E-state index in [1.807, 2.05) is 6.26 Å². The summed E-state index contributed by atoms with van der Waals surface area (Å²) < 4.78 is 0. The van der Waals surface area contributed by atoms with Crippen molar-refractivity contribution in [2.24, 2.45) is 5.73 Å². The maximum absolute atomic E-state index is 11.8. The largest absolute Gasteiger partial charge is 0.351 e. The van der Waals surface area contributed by atoms with Crippen molar-refractivity contribution in [2.45, 2.75) is 31.3 Å². The summed E-state index contributed by atoms with van der Waals surface area (Å²) in [6.45, 7) is 2.08. The van der Waals surface area contributed by atoms with Crippen LogP contribution in [0.15, 0.2) is 0 Å². The van der Waals surface area contributed by atoms with Gasteiger partial charge in [0.25, 0.3) is 0 Å². The second-order valence-electron chi connectivity index (χ2n) is 4.50. The van der Waals surface area contributed by atoms with Crippen LogP contribution in [0.4, 0.5) is 0 Å². The van der Waals surface area contributed by atoms with Crippen molar-refractivity contribution in [3.8, 4) is 0 Å². The van der Waals surface area contributed by atoms with Crippen molar-refractivity contribution in [3.05, 3.63) is 0 Å².